The molecule has 0 aliphatic heterocycles. The number of carboxylic acids is 1. The molecule has 2 rings (SSSR count). The predicted octanol–water partition coefficient (Wildman–Crippen LogP) is 3.49. The van der Waals surface area contributed by atoms with E-state index in [9.17, 15) is 9.90 Å². The summed E-state index contributed by atoms with van der Waals surface area (Å²) in [5.74, 6) is -0.909. The maximum absolute atomic E-state index is 11.2. The second kappa shape index (κ2) is 6.45. The lowest BCUT2D eigenvalue weighted by Crippen LogP contribution is -2.22. The van der Waals surface area contributed by atoms with Crippen LogP contribution < -0.4 is 11.1 Å². The van der Waals surface area contributed by atoms with E-state index in [0.717, 1.165) is 12.8 Å². The fourth-order valence-corrected chi connectivity index (χ4v) is 2.69. The van der Waals surface area contributed by atoms with Crippen molar-refractivity contribution in [3.8, 4) is 0 Å². The van der Waals surface area contributed by atoms with E-state index in [1.807, 2.05) is 0 Å². The van der Waals surface area contributed by atoms with E-state index in [4.69, 9.17) is 5.73 Å². The van der Waals surface area contributed by atoms with Crippen molar-refractivity contribution in [3.63, 3.8) is 0 Å². The zero-order chi connectivity index (χ0) is 13.7. The summed E-state index contributed by atoms with van der Waals surface area (Å²) in [5, 5.41) is 12.6. The third-order valence-electron chi connectivity index (χ3n) is 3.74. The van der Waals surface area contributed by atoms with E-state index in [2.05, 4.69) is 5.32 Å². The second-order valence-electron chi connectivity index (χ2n) is 5.30. The van der Waals surface area contributed by atoms with Crippen LogP contribution in [0.2, 0.25) is 0 Å². The third-order valence-corrected chi connectivity index (χ3v) is 3.74. The summed E-state index contributed by atoms with van der Waals surface area (Å²) in [6, 6.07) is 5.29. The van der Waals surface area contributed by atoms with Crippen LogP contribution in [-0.4, -0.2) is 17.1 Å². The molecule has 0 amide bonds. The standard InChI is InChI=1S/C15H22N2O2/c16-11-8-9-13(15(18)19)14(10-11)17-12-6-4-2-1-3-5-7-12/h8-10,12,17H,1-7,16H2,(H,18,19). The number of rotatable bonds is 3. The normalized spacial score (nSPS) is 17.5. The van der Waals surface area contributed by atoms with Gasteiger partial charge in [0.2, 0.25) is 0 Å². The van der Waals surface area contributed by atoms with E-state index in [-0.39, 0.29) is 0 Å². The molecule has 0 atom stereocenters. The van der Waals surface area contributed by atoms with E-state index in [1.165, 1.54) is 32.1 Å². The van der Waals surface area contributed by atoms with Crippen LogP contribution in [0.4, 0.5) is 11.4 Å². The summed E-state index contributed by atoms with van der Waals surface area (Å²) >= 11 is 0. The Morgan fingerprint density at radius 2 is 1.79 bits per heavy atom. The average molecular weight is 262 g/mol. The number of carboxylic acid groups (broad SMARTS) is 1. The highest BCUT2D eigenvalue weighted by molar-refractivity contribution is 5.95. The fourth-order valence-electron chi connectivity index (χ4n) is 2.69. The highest BCUT2D eigenvalue weighted by atomic mass is 16.4. The molecule has 0 aromatic heterocycles. The first kappa shape index (κ1) is 13.7. The van der Waals surface area contributed by atoms with E-state index in [1.54, 1.807) is 18.2 Å². The monoisotopic (exact) mass is 262 g/mol. The van der Waals surface area contributed by atoms with Crippen LogP contribution in [0.25, 0.3) is 0 Å². The van der Waals surface area contributed by atoms with Crippen molar-refractivity contribution in [2.24, 2.45) is 0 Å². The van der Waals surface area contributed by atoms with Crippen LogP contribution in [0.5, 0.6) is 0 Å². The molecule has 0 unspecified atom stereocenters. The number of aromatic carboxylic acids is 1. The van der Waals surface area contributed by atoms with Gasteiger partial charge in [-0.15, -0.1) is 0 Å². The van der Waals surface area contributed by atoms with Crippen LogP contribution in [0.3, 0.4) is 0 Å². The van der Waals surface area contributed by atoms with Gasteiger partial charge in [-0.05, 0) is 31.0 Å². The zero-order valence-electron chi connectivity index (χ0n) is 11.2. The van der Waals surface area contributed by atoms with Crippen LogP contribution in [0.15, 0.2) is 18.2 Å². The van der Waals surface area contributed by atoms with Crippen molar-refractivity contribution >= 4 is 17.3 Å². The molecule has 19 heavy (non-hydrogen) atoms. The molecule has 1 saturated carbocycles. The van der Waals surface area contributed by atoms with Crippen molar-refractivity contribution in [1.82, 2.24) is 0 Å². The number of benzene rings is 1. The SMILES string of the molecule is Nc1ccc(C(=O)O)c(NC2CCCCCCC2)c1. The van der Waals surface area contributed by atoms with Gasteiger partial charge in [0.15, 0.2) is 0 Å². The number of hydrogen-bond acceptors (Lipinski definition) is 3. The van der Waals surface area contributed by atoms with Crippen molar-refractivity contribution in [1.29, 1.82) is 0 Å². The number of hydrogen-bond donors (Lipinski definition) is 3. The number of nitrogens with two attached hydrogens (primary N) is 1. The summed E-state index contributed by atoms with van der Waals surface area (Å²) < 4.78 is 0. The lowest BCUT2D eigenvalue weighted by molar-refractivity contribution is 0.0698. The first-order chi connectivity index (χ1) is 9.16. The van der Waals surface area contributed by atoms with Crippen LogP contribution >= 0.6 is 0 Å². The number of anilines is 2. The molecular weight excluding hydrogens is 240 g/mol. The van der Waals surface area contributed by atoms with Crippen molar-refractivity contribution in [3.05, 3.63) is 23.8 Å². The first-order valence-electron chi connectivity index (χ1n) is 7.06. The Labute approximate surface area is 114 Å². The minimum atomic E-state index is -0.909. The summed E-state index contributed by atoms with van der Waals surface area (Å²) in [5.41, 5.74) is 7.30. The molecule has 1 fully saturated rings. The van der Waals surface area contributed by atoms with Gasteiger partial charge in [-0.1, -0.05) is 32.1 Å². The van der Waals surface area contributed by atoms with Gasteiger partial charge in [0.25, 0.3) is 0 Å². The Morgan fingerprint density at radius 1 is 1.16 bits per heavy atom. The Balaban J connectivity index is 2.11. The highest BCUT2D eigenvalue weighted by Crippen LogP contribution is 2.24. The molecule has 1 aliphatic carbocycles. The average Bonchev–Trinajstić information content (AvgIpc) is 2.32. The lowest BCUT2D eigenvalue weighted by Gasteiger charge is -2.23. The Bertz CT molecular complexity index is 438. The minimum absolute atomic E-state index is 0.302. The van der Waals surface area contributed by atoms with Crippen molar-refractivity contribution < 1.29 is 9.90 Å². The fraction of sp³-hybridized carbons (Fsp3) is 0.533. The molecule has 1 aromatic rings. The van der Waals surface area contributed by atoms with Gasteiger partial charge in [-0.3, -0.25) is 0 Å². The minimum Gasteiger partial charge on any atom is -0.478 e. The van der Waals surface area contributed by atoms with Gasteiger partial charge in [0, 0.05) is 11.7 Å². The molecule has 0 heterocycles. The molecule has 104 valence electrons. The molecule has 0 saturated heterocycles. The molecule has 0 bridgehead atoms. The van der Waals surface area contributed by atoms with E-state index in [0.29, 0.717) is 23.0 Å². The van der Waals surface area contributed by atoms with E-state index < -0.39 is 5.97 Å². The summed E-state index contributed by atoms with van der Waals surface area (Å²) in [6.45, 7) is 0. The lowest BCUT2D eigenvalue weighted by atomic mass is 9.96. The van der Waals surface area contributed by atoms with Gasteiger partial charge in [0.1, 0.15) is 0 Å². The van der Waals surface area contributed by atoms with Crippen LogP contribution in [-0.2, 0) is 0 Å². The molecule has 0 radical (unpaired) electrons. The molecule has 4 heteroatoms. The molecule has 4 nitrogen and oxygen atoms in total. The highest BCUT2D eigenvalue weighted by Gasteiger charge is 2.15. The predicted molar refractivity (Wildman–Crippen MR) is 77.5 cm³/mol. The van der Waals surface area contributed by atoms with Gasteiger partial charge in [0.05, 0.1) is 11.3 Å². The van der Waals surface area contributed by atoms with Crippen molar-refractivity contribution in [2.75, 3.05) is 11.1 Å². The Morgan fingerprint density at radius 3 is 2.42 bits per heavy atom. The third kappa shape index (κ3) is 3.88. The van der Waals surface area contributed by atoms with Crippen molar-refractivity contribution in [2.45, 2.75) is 51.0 Å². The largest absolute Gasteiger partial charge is 0.478 e. The van der Waals surface area contributed by atoms with Crippen LogP contribution in [0, 0.1) is 0 Å². The summed E-state index contributed by atoms with van der Waals surface area (Å²) in [7, 11) is 0. The Hall–Kier alpha value is -1.71. The maximum Gasteiger partial charge on any atom is 0.337 e. The van der Waals surface area contributed by atoms with Gasteiger partial charge < -0.3 is 16.2 Å². The quantitative estimate of drug-likeness (QED) is 0.729. The smallest absolute Gasteiger partial charge is 0.337 e. The van der Waals surface area contributed by atoms with Gasteiger partial charge >= 0.3 is 5.97 Å². The Kier molecular flexibility index (Phi) is 4.66. The van der Waals surface area contributed by atoms with E-state index >= 15 is 0 Å². The number of carbonyl (C=O) groups is 1. The zero-order valence-corrected chi connectivity index (χ0v) is 11.2. The first-order valence-corrected chi connectivity index (χ1v) is 7.06. The topological polar surface area (TPSA) is 75.4 Å². The molecule has 1 aliphatic rings. The van der Waals surface area contributed by atoms with Gasteiger partial charge in [-0.2, -0.15) is 0 Å². The number of nitrogens with one attached hydrogen (secondary N) is 1. The second-order valence-corrected chi connectivity index (χ2v) is 5.30. The molecule has 0 spiro atoms. The molecular formula is C15H22N2O2. The maximum atomic E-state index is 11.2. The molecule has 1 aromatic carbocycles. The summed E-state index contributed by atoms with van der Waals surface area (Å²) in [6.07, 6.45) is 8.51. The van der Waals surface area contributed by atoms with Crippen LogP contribution in [0.1, 0.15) is 55.3 Å². The summed E-state index contributed by atoms with van der Waals surface area (Å²) in [4.78, 5) is 11.2. The van der Waals surface area contributed by atoms with Gasteiger partial charge in [-0.25, -0.2) is 4.79 Å². The molecule has 4 N–H and O–H groups in total. The number of nitrogen functional groups attached to an aromatic ring is 1.